The Bertz CT molecular complexity index is 1820. The average molecular weight is 765 g/mol. The fraction of sp³-hybridized carbons (Fsp3) is 0.325. The van der Waals surface area contributed by atoms with Crippen molar-refractivity contribution in [2.45, 2.75) is 51.2 Å². The molecule has 0 spiro atoms. The molecule has 11 heteroatoms. The minimum Gasteiger partial charge on any atom is -0.420 e. The highest BCUT2D eigenvalue weighted by Gasteiger charge is 2.41. The smallest absolute Gasteiger partial charge is 0.420 e. The van der Waals surface area contributed by atoms with Crippen LogP contribution in [0, 0.1) is 11.8 Å². The number of hydrogen-bond acceptors (Lipinski definition) is 5. The predicted molar refractivity (Wildman–Crippen MR) is 194 cm³/mol. The Morgan fingerprint density at radius 1 is 0.843 bits per heavy atom. The molecule has 2 unspecified atom stereocenters. The molecule has 1 saturated carbocycles. The minimum absolute atomic E-state index is 0.0938. The zero-order valence-electron chi connectivity index (χ0n) is 28.1. The van der Waals surface area contributed by atoms with Gasteiger partial charge >= 0.3 is 12.1 Å². The maximum Gasteiger partial charge on any atom is 0.491 e. The molecule has 0 bridgehead atoms. The van der Waals surface area contributed by atoms with Crippen molar-refractivity contribution in [3.05, 3.63) is 124 Å². The lowest BCUT2D eigenvalue weighted by molar-refractivity contribution is -0.189. The van der Waals surface area contributed by atoms with Gasteiger partial charge in [-0.3, -0.25) is 9.59 Å². The lowest BCUT2D eigenvalue weighted by atomic mass is 9.81. The van der Waals surface area contributed by atoms with E-state index in [1.807, 2.05) is 66.7 Å². The van der Waals surface area contributed by atoms with E-state index in [1.54, 1.807) is 23.1 Å². The molecule has 1 aliphatic carbocycles. The third-order valence-corrected chi connectivity index (χ3v) is 9.66. The molecule has 2 amide bonds. The Kier molecular flexibility index (Phi) is 13.1. The monoisotopic (exact) mass is 763 g/mol. The van der Waals surface area contributed by atoms with Crippen LogP contribution >= 0.6 is 15.9 Å². The molecule has 2 atom stereocenters. The number of rotatable bonds is 13. The van der Waals surface area contributed by atoms with Gasteiger partial charge in [0.15, 0.2) is 0 Å². The van der Waals surface area contributed by atoms with E-state index in [0.717, 1.165) is 58.0 Å². The van der Waals surface area contributed by atoms with E-state index in [0.29, 0.717) is 50.0 Å². The Morgan fingerprint density at radius 2 is 1.53 bits per heavy atom. The van der Waals surface area contributed by atoms with Gasteiger partial charge in [-0.05, 0) is 114 Å². The summed E-state index contributed by atoms with van der Waals surface area (Å²) in [5.41, 5.74) is 10.8. The molecular weight excluding hydrogens is 723 g/mol. The molecule has 1 fully saturated rings. The number of nitrogens with two attached hydrogens (primary N) is 1. The predicted octanol–water partition coefficient (Wildman–Crippen LogP) is 7.89. The standard InChI is InChI=1S/C40H41BrF3N3O4/c41-35-12-3-5-28(21-35)22-37(48)47(18-17-27-13-15-36(16-14-27)51-39(50)40(42,43)44)26-31-8-2-9-32(20-31)33-10-4-11-34(23-33)38(49)46-25-30-7-1-6-29(19-30)24-45/h2-5,8-16,20-21,23,29-30H,1,6-7,17-19,22,24-26,45H2,(H,46,49). The number of esters is 1. The van der Waals surface area contributed by atoms with E-state index in [1.165, 1.54) is 12.1 Å². The molecule has 0 aliphatic heterocycles. The summed E-state index contributed by atoms with van der Waals surface area (Å²) in [5, 5.41) is 3.12. The van der Waals surface area contributed by atoms with Gasteiger partial charge in [0.2, 0.25) is 5.91 Å². The number of benzene rings is 4. The van der Waals surface area contributed by atoms with Crippen LogP contribution in [0.3, 0.4) is 0 Å². The van der Waals surface area contributed by atoms with Gasteiger partial charge in [-0.15, -0.1) is 0 Å². The van der Waals surface area contributed by atoms with E-state index >= 15 is 0 Å². The van der Waals surface area contributed by atoms with Crippen LogP contribution in [-0.4, -0.2) is 48.5 Å². The Balaban J connectivity index is 1.28. The molecule has 51 heavy (non-hydrogen) atoms. The Morgan fingerprint density at radius 3 is 2.25 bits per heavy atom. The zero-order chi connectivity index (χ0) is 36.4. The van der Waals surface area contributed by atoms with Gasteiger partial charge in [0, 0.05) is 29.7 Å². The van der Waals surface area contributed by atoms with Crippen LogP contribution in [-0.2, 0) is 29.0 Å². The van der Waals surface area contributed by atoms with E-state index in [9.17, 15) is 27.6 Å². The summed E-state index contributed by atoms with van der Waals surface area (Å²) in [6.07, 6.45) is -0.0581. The van der Waals surface area contributed by atoms with E-state index < -0.39 is 12.1 Å². The molecule has 4 aromatic rings. The second-order valence-corrected chi connectivity index (χ2v) is 13.9. The summed E-state index contributed by atoms with van der Waals surface area (Å²) in [5.74, 6) is -1.74. The first kappa shape index (κ1) is 37.8. The molecule has 0 heterocycles. The Labute approximate surface area is 304 Å². The van der Waals surface area contributed by atoms with E-state index in [-0.39, 0.29) is 24.0 Å². The summed E-state index contributed by atoms with van der Waals surface area (Å²) >= 11 is 3.46. The van der Waals surface area contributed by atoms with Crippen LogP contribution < -0.4 is 15.8 Å². The molecule has 4 aromatic carbocycles. The maximum atomic E-state index is 13.7. The number of nitrogens with zero attached hydrogens (tertiary/aromatic N) is 1. The highest BCUT2D eigenvalue weighted by atomic mass is 79.9. The molecule has 5 rings (SSSR count). The quantitative estimate of drug-likeness (QED) is 0.107. The Hall–Kier alpha value is -4.48. The molecule has 0 radical (unpaired) electrons. The van der Waals surface area contributed by atoms with Gasteiger partial charge < -0.3 is 20.7 Å². The first-order valence-electron chi connectivity index (χ1n) is 17.0. The fourth-order valence-electron chi connectivity index (χ4n) is 6.43. The first-order valence-corrected chi connectivity index (χ1v) is 17.8. The number of halogens is 4. The molecule has 3 N–H and O–H groups in total. The van der Waals surface area contributed by atoms with Crippen molar-refractivity contribution in [3.8, 4) is 16.9 Å². The summed E-state index contributed by atoms with van der Waals surface area (Å²) in [4.78, 5) is 39.8. The van der Waals surface area contributed by atoms with Crippen LogP contribution in [0.4, 0.5) is 13.2 Å². The summed E-state index contributed by atoms with van der Waals surface area (Å²) in [6.45, 7) is 1.97. The number of carbonyl (C=O) groups excluding carboxylic acids is 3. The number of carbonyl (C=O) groups is 3. The zero-order valence-corrected chi connectivity index (χ0v) is 29.7. The van der Waals surface area contributed by atoms with Crippen molar-refractivity contribution in [1.82, 2.24) is 10.2 Å². The van der Waals surface area contributed by atoms with Crippen molar-refractivity contribution in [3.63, 3.8) is 0 Å². The lowest BCUT2D eigenvalue weighted by Crippen LogP contribution is -2.33. The van der Waals surface area contributed by atoms with Crippen molar-refractivity contribution in [2.24, 2.45) is 17.6 Å². The van der Waals surface area contributed by atoms with Gasteiger partial charge in [-0.2, -0.15) is 13.2 Å². The second-order valence-electron chi connectivity index (χ2n) is 13.0. The number of hydrogen-bond donors (Lipinski definition) is 2. The SMILES string of the molecule is NCC1CCCC(CNC(=O)c2cccc(-c3cccc(CN(CCc4ccc(OC(=O)C(F)(F)F)cc4)C(=O)Cc4cccc(Br)c4)c3)c2)C1. The number of alkyl halides is 3. The first-order chi connectivity index (χ1) is 24.5. The third-order valence-electron chi connectivity index (χ3n) is 9.17. The van der Waals surface area contributed by atoms with Crippen LogP contribution in [0.2, 0.25) is 0 Å². The molecular formula is C40H41BrF3N3O4. The lowest BCUT2D eigenvalue weighted by Gasteiger charge is -2.28. The molecule has 0 aromatic heterocycles. The van der Waals surface area contributed by atoms with Crippen LogP contribution in [0.1, 0.15) is 52.7 Å². The summed E-state index contributed by atoms with van der Waals surface area (Å²) < 4.78 is 43.1. The molecule has 1 aliphatic rings. The topological polar surface area (TPSA) is 102 Å². The van der Waals surface area contributed by atoms with Crippen molar-refractivity contribution < 1.29 is 32.3 Å². The van der Waals surface area contributed by atoms with Crippen molar-refractivity contribution >= 4 is 33.7 Å². The fourth-order valence-corrected chi connectivity index (χ4v) is 6.88. The van der Waals surface area contributed by atoms with Crippen LogP contribution in [0.5, 0.6) is 5.75 Å². The second kappa shape index (κ2) is 17.6. The minimum atomic E-state index is -5.09. The van der Waals surface area contributed by atoms with Crippen LogP contribution in [0.15, 0.2) is 102 Å². The maximum absolute atomic E-state index is 13.7. The largest absolute Gasteiger partial charge is 0.491 e. The molecule has 0 saturated heterocycles. The van der Waals surface area contributed by atoms with Crippen molar-refractivity contribution in [1.29, 1.82) is 0 Å². The van der Waals surface area contributed by atoms with E-state index in [2.05, 4.69) is 26.0 Å². The third kappa shape index (κ3) is 11.3. The van der Waals surface area contributed by atoms with Crippen LogP contribution in [0.25, 0.3) is 11.1 Å². The van der Waals surface area contributed by atoms with E-state index in [4.69, 9.17) is 5.73 Å². The normalized spacial score (nSPS) is 15.9. The van der Waals surface area contributed by atoms with Crippen molar-refractivity contribution in [2.75, 3.05) is 19.6 Å². The highest BCUT2D eigenvalue weighted by molar-refractivity contribution is 9.10. The van der Waals surface area contributed by atoms with Gasteiger partial charge in [0.25, 0.3) is 5.91 Å². The summed E-state index contributed by atoms with van der Waals surface area (Å²) in [6, 6.07) is 28.6. The highest BCUT2D eigenvalue weighted by Crippen LogP contribution is 2.28. The number of nitrogens with one attached hydrogen (secondary N) is 1. The van der Waals surface area contributed by atoms with Gasteiger partial charge in [-0.1, -0.05) is 76.9 Å². The average Bonchev–Trinajstić information content (AvgIpc) is 3.12. The van der Waals surface area contributed by atoms with Gasteiger partial charge in [0.1, 0.15) is 5.75 Å². The number of amides is 2. The molecule has 7 nitrogen and oxygen atoms in total. The van der Waals surface area contributed by atoms with Gasteiger partial charge in [-0.25, -0.2) is 4.79 Å². The summed E-state index contributed by atoms with van der Waals surface area (Å²) in [7, 11) is 0. The molecule has 268 valence electrons. The number of ether oxygens (including phenoxy) is 1. The van der Waals surface area contributed by atoms with Gasteiger partial charge in [0.05, 0.1) is 6.42 Å².